The van der Waals surface area contributed by atoms with Crippen LogP contribution in [-0.2, 0) is 11.3 Å². The topological polar surface area (TPSA) is 53.1 Å². The highest BCUT2D eigenvalue weighted by Gasteiger charge is 2.30. The normalized spacial score (nSPS) is 15.8. The predicted octanol–water partition coefficient (Wildman–Crippen LogP) is 3.07. The lowest BCUT2D eigenvalue weighted by Crippen LogP contribution is -2.19. The number of anilines is 1. The summed E-state index contributed by atoms with van der Waals surface area (Å²) in [5.41, 5.74) is 8.05. The van der Waals surface area contributed by atoms with Gasteiger partial charge >= 0.3 is 6.18 Å². The monoisotopic (exact) mass is 299 g/mol. The van der Waals surface area contributed by atoms with Crippen LogP contribution in [-0.4, -0.2) is 28.9 Å². The largest absolute Gasteiger partial charge is 0.411 e. The lowest BCUT2D eigenvalue weighted by molar-refractivity contribution is -0.174. The van der Waals surface area contributed by atoms with E-state index in [2.05, 4.69) is 4.98 Å². The van der Waals surface area contributed by atoms with Crippen molar-refractivity contribution in [3.05, 3.63) is 24.0 Å². The number of nitrogens with zero attached hydrogens (tertiary/aromatic N) is 2. The Hall–Kier alpha value is -1.76. The Morgan fingerprint density at radius 3 is 2.76 bits per heavy atom. The number of fused-ring (bicyclic) bond motifs is 1. The zero-order valence-electron chi connectivity index (χ0n) is 11.4. The molecule has 4 nitrogen and oxygen atoms in total. The Morgan fingerprint density at radius 2 is 2.10 bits per heavy atom. The van der Waals surface area contributed by atoms with Gasteiger partial charge in [-0.2, -0.15) is 13.2 Å². The molecule has 0 saturated heterocycles. The summed E-state index contributed by atoms with van der Waals surface area (Å²) in [5.74, 6) is 1.33. The van der Waals surface area contributed by atoms with Gasteiger partial charge in [-0.1, -0.05) is 0 Å². The highest BCUT2D eigenvalue weighted by atomic mass is 19.4. The van der Waals surface area contributed by atoms with Crippen molar-refractivity contribution in [2.24, 2.45) is 0 Å². The zero-order valence-corrected chi connectivity index (χ0v) is 11.4. The Labute approximate surface area is 119 Å². The molecule has 1 aromatic carbocycles. The van der Waals surface area contributed by atoms with E-state index in [9.17, 15) is 13.2 Å². The molecule has 2 aromatic rings. The van der Waals surface area contributed by atoms with E-state index in [1.807, 2.05) is 10.6 Å². The number of benzene rings is 1. The van der Waals surface area contributed by atoms with Gasteiger partial charge in [0.15, 0.2) is 0 Å². The van der Waals surface area contributed by atoms with E-state index in [1.54, 1.807) is 12.1 Å². The van der Waals surface area contributed by atoms with E-state index in [1.165, 1.54) is 0 Å². The molecule has 7 heteroatoms. The van der Waals surface area contributed by atoms with Crippen LogP contribution in [0.1, 0.15) is 24.6 Å². The molecule has 0 amide bonds. The Morgan fingerprint density at radius 1 is 1.33 bits per heavy atom. The van der Waals surface area contributed by atoms with Crippen molar-refractivity contribution in [1.82, 2.24) is 9.55 Å². The van der Waals surface area contributed by atoms with Crippen molar-refractivity contribution in [3.8, 4) is 0 Å². The van der Waals surface area contributed by atoms with Crippen LogP contribution in [0.4, 0.5) is 18.9 Å². The van der Waals surface area contributed by atoms with Crippen LogP contribution < -0.4 is 5.73 Å². The van der Waals surface area contributed by atoms with Crippen LogP contribution in [0.25, 0.3) is 11.0 Å². The summed E-state index contributed by atoms with van der Waals surface area (Å²) in [7, 11) is 0. The molecular formula is C14H16F3N3O. The minimum Gasteiger partial charge on any atom is -0.399 e. The van der Waals surface area contributed by atoms with E-state index in [0.29, 0.717) is 18.2 Å². The van der Waals surface area contributed by atoms with Gasteiger partial charge in [0.05, 0.1) is 17.6 Å². The SMILES string of the molecule is Nc1ccc2c(c1)nc(C1CC1)n2CCOCC(F)(F)F. The number of halogens is 3. The maximum Gasteiger partial charge on any atom is 0.411 e. The standard InChI is InChI=1S/C14H16F3N3O/c15-14(16,17)8-21-6-5-20-12-4-3-10(18)7-11(12)19-13(20)9-1-2-9/h3-4,7,9H,1-2,5-6,8,18H2. The number of rotatable bonds is 5. The fourth-order valence-corrected chi connectivity index (χ4v) is 2.40. The lowest BCUT2D eigenvalue weighted by Gasteiger charge is -2.11. The Bertz CT molecular complexity index is 647. The van der Waals surface area contributed by atoms with Gasteiger partial charge in [0.1, 0.15) is 12.4 Å². The summed E-state index contributed by atoms with van der Waals surface area (Å²) >= 11 is 0. The summed E-state index contributed by atoms with van der Waals surface area (Å²) in [6.45, 7) is -0.845. The van der Waals surface area contributed by atoms with Crippen LogP contribution in [0, 0.1) is 0 Å². The molecule has 21 heavy (non-hydrogen) atoms. The first-order valence-electron chi connectivity index (χ1n) is 6.84. The molecule has 2 N–H and O–H groups in total. The average Bonchev–Trinajstić information content (AvgIpc) is 3.16. The Balaban J connectivity index is 1.78. The van der Waals surface area contributed by atoms with Gasteiger partial charge in [-0.15, -0.1) is 0 Å². The van der Waals surface area contributed by atoms with Crippen molar-refractivity contribution in [2.45, 2.75) is 31.5 Å². The third-order valence-electron chi connectivity index (χ3n) is 3.47. The average molecular weight is 299 g/mol. The number of nitrogen functional groups attached to an aromatic ring is 1. The summed E-state index contributed by atoms with van der Waals surface area (Å²) < 4.78 is 42.9. The summed E-state index contributed by atoms with van der Waals surface area (Å²) in [5, 5.41) is 0. The molecule has 0 bridgehead atoms. The number of hydrogen-bond acceptors (Lipinski definition) is 3. The highest BCUT2D eigenvalue weighted by molar-refractivity contribution is 5.79. The maximum atomic E-state index is 12.1. The quantitative estimate of drug-likeness (QED) is 0.682. The molecule has 114 valence electrons. The van der Waals surface area contributed by atoms with E-state index < -0.39 is 12.8 Å². The van der Waals surface area contributed by atoms with Crippen LogP contribution in [0.15, 0.2) is 18.2 Å². The molecule has 1 aromatic heterocycles. The van der Waals surface area contributed by atoms with E-state index in [-0.39, 0.29) is 6.61 Å². The Kier molecular flexibility index (Phi) is 3.52. The number of alkyl halides is 3. The van der Waals surface area contributed by atoms with Crippen molar-refractivity contribution in [2.75, 3.05) is 18.9 Å². The van der Waals surface area contributed by atoms with Crippen molar-refractivity contribution in [3.63, 3.8) is 0 Å². The summed E-state index contributed by atoms with van der Waals surface area (Å²) in [6.07, 6.45) is -2.14. The maximum absolute atomic E-state index is 12.1. The molecule has 0 spiro atoms. The van der Waals surface area contributed by atoms with Gasteiger partial charge in [0.2, 0.25) is 0 Å². The number of ether oxygens (including phenoxy) is 1. The lowest BCUT2D eigenvalue weighted by atomic mass is 10.3. The van der Waals surface area contributed by atoms with E-state index in [4.69, 9.17) is 10.5 Å². The van der Waals surface area contributed by atoms with Crippen LogP contribution in [0.2, 0.25) is 0 Å². The smallest absolute Gasteiger partial charge is 0.399 e. The molecule has 0 radical (unpaired) electrons. The predicted molar refractivity (Wildman–Crippen MR) is 73.0 cm³/mol. The minimum atomic E-state index is -4.29. The first-order chi connectivity index (χ1) is 9.94. The van der Waals surface area contributed by atoms with E-state index in [0.717, 1.165) is 29.7 Å². The minimum absolute atomic E-state index is 0.00899. The third kappa shape index (κ3) is 3.29. The molecule has 0 atom stereocenters. The third-order valence-corrected chi connectivity index (χ3v) is 3.47. The van der Waals surface area contributed by atoms with Crippen molar-refractivity contribution < 1.29 is 17.9 Å². The second-order valence-electron chi connectivity index (χ2n) is 5.31. The molecule has 0 aliphatic heterocycles. The van der Waals surface area contributed by atoms with Crippen LogP contribution >= 0.6 is 0 Å². The molecule has 3 rings (SSSR count). The van der Waals surface area contributed by atoms with Gasteiger partial charge in [0, 0.05) is 18.2 Å². The second kappa shape index (κ2) is 5.22. The van der Waals surface area contributed by atoms with Gasteiger partial charge in [-0.05, 0) is 31.0 Å². The molecule has 1 heterocycles. The second-order valence-corrected chi connectivity index (χ2v) is 5.31. The van der Waals surface area contributed by atoms with Crippen molar-refractivity contribution >= 4 is 16.7 Å². The van der Waals surface area contributed by atoms with E-state index >= 15 is 0 Å². The molecule has 1 saturated carbocycles. The van der Waals surface area contributed by atoms with Gasteiger partial charge in [-0.25, -0.2) is 4.98 Å². The number of imidazole rings is 1. The highest BCUT2D eigenvalue weighted by Crippen LogP contribution is 2.40. The zero-order chi connectivity index (χ0) is 15.0. The molecular weight excluding hydrogens is 283 g/mol. The molecule has 0 unspecified atom stereocenters. The van der Waals surface area contributed by atoms with Crippen molar-refractivity contribution in [1.29, 1.82) is 0 Å². The van der Waals surface area contributed by atoms with Gasteiger partial charge in [0.25, 0.3) is 0 Å². The molecule has 1 fully saturated rings. The fourth-order valence-electron chi connectivity index (χ4n) is 2.40. The van der Waals surface area contributed by atoms with Crippen LogP contribution in [0.5, 0.6) is 0 Å². The number of nitrogens with two attached hydrogens (primary N) is 1. The first kappa shape index (κ1) is 14.2. The number of hydrogen-bond donors (Lipinski definition) is 1. The summed E-state index contributed by atoms with van der Waals surface area (Å²) in [4.78, 5) is 4.57. The summed E-state index contributed by atoms with van der Waals surface area (Å²) in [6, 6.07) is 5.41. The molecule has 1 aliphatic carbocycles. The van der Waals surface area contributed by atoms with Gasteiger partial charge < -0.3 is 15.0 Å². The van der Waals surface area contributed by atoms with Gasteiger partial charge in [-0.3, -0.25) is 0 Å². The molecule has 1 aliphatic rings. The fraction of sp³-hybridized carbons (Fsp3) is 0.500. The van der Waals surface area contributed by atoms with Crippen LogP contribution in [0.3, 0.4) is 0 Å². The first-order valence-corrected chi connectivity index (χ1v) is 6.84. The number of aromatic nitrogens is 2.